The molecule has 1 amide bonds. The van der Waals surface area contributed by atoms with E-state index in [2.05, 4.69) is 27.1 Å². The van der Waals surface area contributed by atoms with Crippen molar-refractivity contribution in [2.75, 3.05) is 34.8 Å². The van der Waals surface area contributed by atoms with E-state index in [0.717, 1.165) is 54.6 Å². The van der Waals surface area contributed by atoms with Gasteiger partial charge in [-0.2, -0.15) is 0 Å². The van der Waals surface area contributed by atoms with Crippen LogP contribution in [0.25, 0.3) is 0 Å². The first kappa shape index (κ1) is 21.7. The van der Waals surface area contributed by atoms with Crippen molar-refractivity contribution in [2.24, 2.45) is 5.92 Å². The number of carbonyl (C=O) groups excluding carboxylic acids is 1. The summed E-state index contributed by atoms with van der Waals surface area (Å²) >= 11 is 0. The third-order valence-corrected chi connectivity index (χ3v) is 5.88. The average Bonchev–Trinajstić information content (AvgIpc) is 2.84. The normalized spacial score (nSPS) is 14.2. The first-order valence-electron chi connectivity index (χ1n) is 11.2. The van der Waals surface area contributed by atoms with E-state index in [1.165, 1.54) is 12.8 Å². The molecule has 1 saturated heterocycles. The standard InChI is InChI=1S/C25H30N6O/c1-20-10-15-30(16-11-20)24-8-7-23(31(19-32)18-21-5-4-12-26-17-21)25(29-24)28-14-9-22-6-2-3-13-27-22/h2-8,12-13,17,19-20H,9-11,14-16,18H2,1H3,(H,28,29). The number of piperidine rings is 1. The second kappa shape index (κ2) is 10.7. The molecule has 0 saturated carbocycles. The molecule has 0 radical (unpaired) electrons. The minimum absolute atomic E-state index is 0.439. The Hall–Kier alpha value is -3.48. The first-order chi connectivity index (χ1) is 15.7. The lowest BCUT2D eigenvalue weighted by Crippen LogP contribution is -2.33. The second-order valence-electron chi connectivity index (χ2n) is 8.30. The predicted octanol–water partition coefficient (Wildman–Crippen LogP) is 3.93. The molecule has 0 aromatic carbocycles. The molecule has 0 atom stereocenters. The van der Waals surface area contributed by atoms with E-state index in [1.807, 2.05) is 42.5 Å². The largest absolute Gasteiger partial charge is 0.368 e. The van der Waals surface area contributed by atoms with Gasteiger partial charge in [-0.05, 0) is 54.7 Å². The average molecular weight is 431 g/mol. The van der Waals surface area contributed by atoms with Crippen LogP contribution in [0.4, 0.5) is 17.3 Å². The van der Waals surface area contributed by atoms with Gasteiger partial charge in [-0.25, -0.2) is 4.98 Å². The van der Waals surface area contributed by atoms with Crippen LogP contribution in [0.1, 0.15) is 31.0 Å². The van der Waals surface area contributed by atoms with Crippen LogP contribution in [-0.4, -0.2) is 41.0 Å². The number of pyridine rings is 3. The van der Waals surface area contributed by atoms with Gasteiger partial charge in [-0.3, -0.25) is 14.8 Å². The van der Waals surface area contributed by atoms with Gasteiger partial charge in [0.05, 0.1) is 12.2 Å². The van der Waals surface area contributed by atoms with E-state index in [9.17, 15) is 4.79 Å². The molecule has 0 bridgehead atoms. The van der Waals surface area contributed by atoms with E-state index in [1.54, 1.807) is 23.5 Å². The summed E-state index contributed by atoms with van der Waals surface area (Å²) in [6.45, 7) is 5.44. The topological polar surface area (TPSA) is 74.2 Å². The molecule has 0 unspecified atom stereocenters. The summed E-state index contributed by atoms with van der Waals surface area (Å²) < 4.78 is 0. The Morgan fingerprint density at radius 1 is 1.12 bits per heavy atom. The fourth-order valence-electron chi connectivity index (χ4n) is 3.94. The number of carbonyl (C=O) groups is 1. The smallest absolute Gasteiger partial charge is 0.214 e. The third-order valence-electron chi connectivity index (χ3n) is 5.88. The zero-order chi connectivity index (χ0) is 22.2. The highest BCUT2D eigenvalue weighted by Crippen LogP contribution is 2.30. The molecule has 1 aliphatic rings. The van der Waals surface area contributed by atoms with Crippen LogP contribution in [0, 0.1) is 5.92 Å². The minimum Gasteiger partial charge on any atom is -0.368 e. The Morgan fingerprint density at radius 2 is 2.00 bits per heavy atom. The molecule has 4 heterocycles. The van der Waals surface area contributed by atoms with E-state index in [4.69, 9.17) is 4.98 Å². The molecule has 1 N–H and O–H groups in total. The van der Waals surface area contributed by atoms with Gasteiger partial charge in [0.1, 0.15) is 5.82 Å². The lowest BCUT2D eigenvalue weighted by atomic mass is 9.99. The number of amides is 1. The number of hydrogen-bond acceptors (Lipinski definition) is 6. The third kappa shape index (κ3) is 5.60. The van der Waals surface area contributed by atoms with Gasteiger partial charge < -0.3 is 15.1 Å². The fourth-order valence-corrected chi connectivity index (χ4v) is 3.94. The van der Waals surface area contributed by atoms with Crippen LogP contribution in [-0.2, 0) is 17.8 Å². The maximum Gasteiger partial charge on any atom is 0.214 e. The highest BCUT2D eigenvalue weighted by atomic mass is 16.1. The quantitative estimate of drug-likeness (QED) is 0.519. The summed E-state index contributed by atoms with van der Waals surface area (Å²) in [6, 6.07) is 13.8. The zero-order valence-electron chi connectivity index (χ0n) is 18.5. The molecule has 0 aliphatic carbocycles. The maximum absolute atomic E-state index is 12.0. The van der Waals surface area contributed by atoms with Gasteiger partial charge in [0.15, 0.2) is 5.82 Å². The molecule has 3 aromatic rings. The van der Waals surface area contributed by atoms with E-state index in [0.29, 0.717) is 18.9 Å². The summed E-state index contributed by atoms with van der Waals surface area (Å²) in [7, 11) is 0. The number of aromatic nitrogens is 3. The summed E-state index contributed by atoms with van der Waals surface area (Å²) in [4.78, 5) is 29.5. The Labute approximate surface area is 189 Å². The van der Waals surface area contributed by atoms with Gasteiger partial charge in [0.2, 0.25) is 6.41 Å². The first-order valence-corrected chi connectivity index (χ1v) is 11.2. The predicted molar refractivity (Wildman–Crippen MR) is 128 cm³/mol. The number of nitrogens with one attached hydrogen (secondary N) is 1. The summed E-state index contributed by atoms with van der Waals surface area (Å²) in [5.74, 6) is 2.42. The van der Waals surface area contributed by atoms with E-state index < -0.39 is 0 Å². The summed E-state index contributed by atoms with van der Waals surface area (Å²) in [6.07, 6.45) is 9.30. The van der Waals surface area contributed by atoms with Crippen molar-refractivity contribution in [2.45, 2.75) is 32.7 Å². The van der Waals surface area contributed by atoms with Crippen LogP contribution in [0.2, 0.25) is 0 Å². The lowest BCUT2D eigenvalue weighted by Gasteiger charge is -2.32. The van der Waals surface area contributed by atoms with Gasteiger partial charge in [0, 0.05) is 50.3 Å². The number of rotatable bonds is 9. The number of nitrogens with zero attached hydrogens (tertiary/aromatic N) is 5. The van der Waals surface area contributed by atoms with Crippen LogP contribution in [0.15, 0.2) is 61.1 Å². The maximum atomic E-state index is 12.0. The Bertz CT molecular complexity index is 990. The molecule has 3 aromatic heterocycles. The van der Waals surface area contributed by atoms with Crippen molar-refractivity contribution in [3.63, 3.8) is 0 Å². The molecular formula is C25H30N6O. The van der Waals surface area contributed by atoms with Gasteiger partial charge in [-0.1, -0.05) is 19.1 Å². The molecule has 0 spiro atoms. The van der Waals surface area contributed by atoms with Crippen LogP contribution < -0.4 is 15.1 Å². The van der Waals surface area contributed by atoms with Gasteiger partial charge in [0.25, 0.3) is 0 Å². The highest BCUT2D eigenvalue weighted by Gasteiger charge is 2.20. The molecule has 7 heteroatoms. The summed E-state index contributed by atoms with van der Waals surface area (Å²) in [5, 5.41) is 3.46. The molecule has 32 heavy (non-hydrogen) atoms. The fraction of sp³-hybridized carbons (Fsp3) is 0.360. The van der Waals surface area contributed by atoms with Crippen molar-refractivity contribution < 1.29 is 4.79 Å². The van der Waals surface area contributed by atoms with Crippen LogP contribution in [0.3, 0.4) is 0 Å². The summed E-state index contributed by atoms with van der Waals surface area (Å²) in [5.41, 5.74) is 2.75. The zero-order valence-corrected chi connectivity index (χ0v) is 18.5. The van der Waals surface area contributed by atoms with Crippen molar-refractivity contribution in [3.05, 3.63) is 72.3 Å². The molecular weight excluding hydrogens is 400 g/mol. The van der Waals surface area contributed by atoms with Crippen molar-refractivity contribution >= 4 is 23.7 Å². The molecule has 166 valence electrons. The van der Waals surface area contributed by atoms with Crippen LogP contribution in [0.5, 0.6) is 0 Å². The van der Waals surface area contributed by atoms with Gasteiger partial charge >= 0.3 is 0 Å². The Kier molecular flexibility index (Phi) is 7.27. The molecule has 4 rings (SSSR count). The van der Waals surface area contributed by atoms with Crippen LogP contribution >= 0.6 is 0 Å². The van der Waals surface area contributed by atoms with Crippen molar-refractivity contribution in [1.82, 2.24) is 15.0 Å². The second-order valence-corrected chi connectivity index (χ2v) is 8.30. The number of anilines is 3. The lowest BCUT2D eigenvalue weighted by molar-refractivity contribution is -0.107. The minimum atomic E-state index is 0.439. The number of hydrogen-bond donors (Lipinski definition) is 1. The van der Waals surface area contributed by atoms with Gasteiger partial charge in [-0.15, -0.1) is 0 Å². The molecule has 7 nitrogen and oxygen atoms in total. The highest BCUT2D eigenvalue weighted by molar-refractivity contribution is 5.82. The van der Waals surface area contributed by atoms with Crippen molar-refractivity contribution in [3.8, 4) is 0 Å². The Balaban J connectivity index is 1.56. The van der Waals surface area contributed by atoms with E-state index in [-0.39, 0.29) is 0 Å². The SMILES string of the molecule is CC1CCN(c2ccc(N(C=O)Cc3cccnc3)c(NCCc3ccccn3)n2)CC1. The molecule has 1 aliphatic heterocycles. The Morgan fingerprint density at radius 3 is 2.72 bits per heavy atom. The molecule has 1 fully saturated rings. The van der Waals surface area contributed by atoms with E-state index >= 15 is 0 Å². The monoisotopic (exact) mass is 430 g/mol. The van der Waals surface area contributed by atoms with Crippen molar-refractivity contribution in [1.29, 1.82) is 0 Å².